The van der Waals surface area contributed by atoms with E-state index in [2.05, 4.69) is 144 Å². The molecule has 1 N–H and O–H groups in total. The van der Waals surface area contributed by atoms with E-state index >= 15 is 0 Å². The second-order valence-corrected chi connectivity index (χ2v) is 12.2. The van der Waals surface area contributed by atoms with Gasteiger partial charge in [-0.1, -0.05) is 133 Å². The number of aliphatic hydroxyl groups excluding tert-OH is 1. The van der Waals surface area contributed by atoms with Crippen molar-refractivity contribution in [3.05, 3.63) is 157 Å². The normalized spacial score (nSPS) is 14.1. The first-order valence-electron chi connectivity index (χ1n) is 15.5. The van der Waals surface area contributed by atoms with Crippen LogP contribution in [-0.2, 0) is 0 Å². The molecule has 0 saturated carbocycles. The molecule has 210 valence electrons. The Hall–Kier alpha value is -5.70. The van der Waals surface area contributed by atoms with Crippen molar-refractivity contribution in [3.8, 4) is 33.4 Å². The first-order valence-corrected chi connectivity index (χ1v) is 15.5. The summed E-state index contributed by atoms with van der Waals surface area (Å²) < 4.78 is 2.11. The third-order valence-corrected chi connectivity index (χ3v) is 9.89. The molecule has 2 heteroatoms. The van der Waals surface area contributed by atoms with Gasteiger partial charge in [-0.05, 0) is 78.3 Å². The van der Waals surface area contributed by atoms with Gasteiger partial charge in [-0.25, -0.2) is 0 Å². The van der Waals surface area contributed by atoms with Crippen LogP contribution >= 0.6 is 0 Å². The molecule has 45 heavy (non-hydrogen) atoms. The summed E-state index contributed by atoms with van der Waals surface area (Å²) in [6, 6.07) is 54.6. The van der Waals surface area contributed by atoms with Crippen molar-refractivity contribution in [2.24, 2.45) is 0 Å². The molecular weight excluding hydrogens is 546 g/mol. The number of hydrogen-bond donors (Lipinski definition) is 1. The Kier molecular flexibility index (Phi) is 5.03. The minimum Gasteiger partial charge on any atom is -0.369 e. The van der Waals surface area contributed by atoms with Crippen molar-refractivity contribution in [2.75, 3.05) is 0 Å². The standard InChI is InChI=1S/C43H27NO/c45-43-38-17-8-7-16-34(38)36-18-9-19-37-40-25-27(21-23-41(40)44(43)42(36)37)29-11-2-1-10-28(29)26-20-22-35-32-14-4-3-12-30(32)31-13-5-6-15-33(31)39(35)24-26/h1-25,43,45H. The molecule has 1 unspecified atom stereocenters. The maximum absolute atomic E-state index is 11.6. The third kappa shape index (κ3) is 3.37. The predicted molar refractivity (Wildman–Crippen MR) is 189 cm³/mol. The van der Waals surface area contributed by atoms with Crippen LogP contribution in [0.2, 0.25) is 0 Å². The van der Waals surface area contributed by atoms with Crippen LogP contribution in [0.15, 0.2) is 152 Å². The molecule has 2 nitrogen and oxygen atoms in total. The van der Waals surface area contributed by atoms with E-state index in [0.717, 1.165) is 33.1 Å². The fraction of sp³-hybridized carbons (Fsp3) is 0.0233. The first kappa shape index (κ1) is 24.7. The minimum atomic E-state index is -0.724. The fourth-order valence-corrected chi connectivity index (χ4v) is 7.91. The molecule has 0 aliphatic carbocycles. The maximum atomic E-state index is 11.6. The minimum absolute atomic E-state index is 0.724. The topological polar surface area (TPSA) is 25.2 Å². The van der Waals surface area contributed by atoms with E-state index < -0.39 is 6.23 Å². The summed E-state index contributed by atoms with van der Waals surface area (Å²) in [5.74, 6) is 0. The van der Waals surface area contributed by atoms with Crippen LogP contribution in [-0.4, -0.2) is 9.67 Å². The third-order valence-electron chi connectivity index (χ3n) is 9.89. The highest BCUT2D eigenvalue weighted by Crippen LogP contribution is 2.46. The lowest BCUT2D eigenvalue weighted by atomic mass is 9.89. The van der Waals surface area contributed by atoms with Crippen molar-refractivity contribution in [1.82, 2.24) is 4.57 Å². The van der Waals surface area contributed by atoms with Gasteiger partial charge in [-0.2, -0.15) is 0 Å². The number of nitrogens with zero attached hydrogens (tertiary/aromatic N) is 1. The molecule has 0 amide bonds. The van der Waals surface area contributed by atoms with Gasteiger partial charge in [0.1, 0.15) is 0 Å². The van der Waals surface area contributed by atoms with Crippen LogP contribution in [0.3, 0.4) is 0 Å². The Labute approximate surface area is 260 Å². The van der Waals surface area contributed by atoms with Gasteiger partial charge in [0, 0.05) is 21.9 Å². The molecule has 8 aromatic carbocycles. The van der Waals surface area contributed by atoms with Crippen molar-refractivity contribution in [3.63, 3.8) is 0 Å². The van der Waals surface area contributed by atoms with Crippen LogP contribution in [0.5, 0.6) is 0 Å². The van der Waals surface area contributed by atoms with E-state index in [1.165, 1.54) is 60.0 Å². The molecule has 0 bridgehead atoms. The van der Waals surface area contributed by atoms with Crippen molar-refractivity contribution >= 4 is 54.1 Å². The van der Waals surface area contributed by atoms with Crippen LogP contribution in [0.4, 0.5) is 0 Å². The van der Waals surface area contributed by atoms with E-state index in [9.17, 15) is 5.11 Å². The van der Waals surface area contributed by atoms with E-state index in [1.54, 1.807) is 0 Å². The number of fused-ring (bicyclic) bond motifs is 11. The molecule has 2 heterocycles. The zero-order valence-corrected chi connectivity index (χ0v) is 24.4. The predicted octanol–water partition coefficient (Wildman–Crippen LogP) is 11.1. The van der Waals surface area contributed by atoms with Crippen molar-refractivity contribution in [2.45, 2.75) is 6.23 Å². The molecule has 10 rings (SSSR count). The molecule has 1 atom stereocenters. The molecule has 0 spiro atoms. The summed E-state index contributed by atoms with van der Waals surface area (Å²) in [4.78, 5) is 0. The van der Waals surface area contributed by atoms with Gasteiger partial charge in [0.05, 0.1) is 11.0 Å². The van der Waals surface area contributed by atoms with E-state index in [0.29, 0.717) is 0 Å². The van der Waals surface area contributed by atoms with Gasteiger partial charge in [-0.3, -0.25) is 0 Å². The Morgan fingerprint density at radius 2 is 0.867 bits per heavy atom. The highest BCUT2D eigenvalue weighted by Gasteiger charge is 2.27. The van der Waals surface area contributed by atoms with Gasteiger partial charge in [0.15, 0.2) is 6.23 Å². The fourth-order valence-electron chi connectivity index (χ4n) is 7.91. The van der Waals surface area contributed by atoms with Gasteiger partial charge in [0.25, 0.3) is 0 Å². The van der Waals surface area contributed by atoms with Crippen LogP contribution in [0, 0.1) is 0 Å². The zero-order chi connectivity index (χ0) is 29.6. The van der Waals surface area contributed by atoms with E-state index in [4.69, 9.17) is 0 Å². The largest absolute Gasteiger partial charge is 0.369 e. The summed E-state index contributed by atoms with van der Waals surface area (Å²) in [5, 5.41) is 21.6. The molecule has 9 aromatic rings. The number of aliphatic hydroxyl groups is 1. The number of hydrogen-bond acceptors (Lipinski definition) is 1. The van der Waals surface area contributed by atoms with Crippen LogP contribution < -0.4 is 0 Å². The summed E-state index contributed by atoms with van der Waals surface area (Å²) in [6.45, 7) is 0. The highest BCUT2D eigenvalue weighted by molar-refractivity contribution is 6.26. The highest BCUT2D eigenvalue weighted by atomic mass is 16.3. The Morgan fingerprint density at radius 3 is 1.56 bits per heavy atom. The molecule has 1 aliphatic rings. The molecular formula is C43H27NO. The quantitative estimate of drug-likeness (QED) is 0.204. The van der Waals surface area contributed by atoms with Gasteiger partial charge >= 0.3 is 0 Å². The Balaban J connectivity index is 1.20. The Bertz CT molecular complexity index is 2640. The van der Waals surface area contributed by atoms with E-state index in [1.807, 2.05) is 12.1 Å². The second kappa shape index (κ2) is 9.15. The number of benzene rings is 8. The summed E-state index contributed by atoms with van der Waals surface area (Å²) in [6.07, 6.45) is -0.724. The number of para-hydroxylation sites is 1. The zero-order valence-electron chi connectivity index (χ0n) is 24.4. The lowest BCUT2D eigenvalue weighted by Gasteiger charge is -2.25. The van der Waals surface area contributed by atoms with Crippen molar-refractivity contribution in [1.29, 1.82) is 0 Å². The van der Waals surface area contributed by atoms with Gasteiger partial charge < -0.3 is 9.67 Å². The number of aromatic nitrogens is 1. The summed E-state index contributed by atoms with van der Waals surface area (Å²) >= 11 is 0. The van der Waals surface area contributed by atoms with Gasteiger partial charge in [0.2, 0.25) is 0 Å². The lowest BCUT2D eigenvalue weighted by Crippen LogP contribution is -2.14. The number of rotatable bonds is 2. The average Bonchev–Trinajstić information content (AvgIpc) is 3.45. The lowest BCUT2D eigenvalue weighted by molar-refractivity contribution is 0.155. The summed E-state index contributed by atoms with van der Waals surface area (Å²) in [7, 11) is 0. The average molecular weight is 574 g/mol. The van der Waals surface area contributed by atoms with Gasteiger partial charge in [-0.15, -0.1) is 0 Å². The molecule has 1 aliphatic heterocycles. The SMILES string of the molecule is OC1c2ccccc2-c2cccc3c4cc(-c5ccccc5-c5ccc6c7ccccc7c7ccccc7c6c5)ccc4n1c23. The molecule has 0 radical (unpaired) electrons. The Morgan fingerprint density at radius 1 is 0.378 bits per heavy atom. The smallest absolute Gasteiger partial charge is 0.158 e. The second-order valence-electron chi connectivity index (χ2n) is 12.2. The van der Waals surface area contributed by atoms with Crippen molar-refractivity contribution < 1.29 is 5.11 Å². The molecule has 0 fully saturated rings. The van der Waals surface area contributed by atoms with E-state index in [-0.39, 0.29) is 0 Å². The monoisotopic (exact) mass is 573 g/mol. The first-order chi connectivity index (χ1) is 22.3. The maximum Gasteiger partial charge on any atom is 0.158 e. The van der Waals surface area contributed by atoms with Crippen LogP contribution in [0.1, 0.15) is 11.8 Å². The van der Waals surface area contributed by atoms with Crippen LogP contribution in [0.25, 0.3) is 87.5 Å². The molecule has 0 saturated heterocycles. The molecule has 1 aromatic heterocycles. The summed E-state index contributed by atoms with van der Waals surface area (Å²) in [5.41, 5.74) is 10.1.